The second-order valence-corrected chi connectivity index (χ2v) is 14.0. The van der Waals surface area contributed by atoms with Gasteiger partial charge in [-0.2, -0.15) is 4.37 Å². The lowest BCUT2D eigenvalue weighted by Crippen LogP contribution is -2.71. The van der Waals surface area contributed by atoms with Crippen LogP contribution in [0.3, 0.4) is 0 Å². The Labute approximate surface area is 284 Å². The summed E-state index contributed by atoms with van der Waals surface area (Å²) in [7, 11) is 0. The summed E-state index contributed by atoms with van der Waals surface area (Å²) in [4.78, 5) is 67.0. The molecule has 47 heavy (non-hydrogen) atoms. The monoisotopic (exact) mass is 707 g/mol. The molecule has 1 saturated heterocycles. The molecule has 0 bridgehead atoms. The number of β-lactam (4-membered cyclic amide) rings is 1. The predicted molar refractivity (Wildman–Crippen MR) is 178 cm³/mol. The van der Waals surface area contributed by atoms with E-state index in [2.05, 4.69) is 24.8 Å². The lowest BCUT2D eigenvalue weighted by atomic mass is 10.0. The number of benzene rings is 2. The highest BCUT2D eigenvalue weighted by molar-refractivity contribution is 8.01. The molecule has 0 saturated carbocycles. The number of carbonyl (C=O) groups is 4. The highest BCUT2D eigenvalue weighted by atomic mass is 32.2. The molecule has 13 nitrogen and oxygen atoms in total. The van der Waals surface area contributed by atoms with Crippen LogP contribution < -0.4 is 11.1 Å². The molecule has 0 radical (unpaired) electrons. The van der Waals surface area contributed by atoms with E-state index in [1.807, 2.05) is 60.7 Å². The number of amides is 2. The third-order valence-corrected chi connectivity index (χ3v) is 10.8. The summed E-state index contributed by atoms with van der Waals surface area (Å²) in [6, 6.07) is 17.7. The number of fused-ring (bicyclic) bond motifs is 1. The standard InChI is InChI=1S/C30H25N7O6S4/c1-16(38)43-36-21(20-14-45-29(31)34-20)25(39)35-22-26(40)37-23(19(12-44-27(22)37)13-46-30-32-15-33-47-30)28(41)42-24(17-8-4-2-5-9-17)18-10-6-3-7-11-18/h2-11,14-15,22,24,27H,12-13H2,1H3,(H2,31,34)(H,35,39)/b36-21+. The molecule has 2 aliphatic heterocycles. The van der Waals surface area contributed by atoms with E-state index in [1.165, 1.54) is 51.7 Å². The largest absolute Gasteiger partial charge is 0.448 e. The van der Waals surface area contributed by atoms with E-state index in [-0.39, 0.29) is 22.2 Å². The fourth-order valence-electron chi connectivity index (χ4n) is 4.83. The molecule has 17 heteroatoms. The Bertz CT molecular complexity index is 1810. The van der Waals surface area contributed by atoms with Crippen molar-refractivity contribution in [2.45, 2.75) is 28.8 Å². The summed E-state index contributed by atoms with van der Waals surface area (Å²) in [5.41, 5.74) is 7.83. The van der Waals surface area contributed by atoms with Gasteiger partial charge in [0, 0.05) is 23.8 Å². The highest BCUT2D eigenvalue weighted by Gasteiger charge is 2.55. The number of esters is 1. The van der Waals surface area contributed by atoms with E-state index in [4.69, 9.17) is 15.3 Å². The molecule has 2 aromatic heterocycles. The molecular weight excluding hydrogens is 683 g/mol. The first-order chi connectivity index (χ1) is 22.8. The third kappa shape index (κ3) is 7.22. The van der Waals surface area contributed by atoms with E-state index in [0.717, 1.165) is 29.4 Å². The number of anilines is 1. The van der Waals surface area contributed by atoms with E-state index >= 15 is 0 Å². The number of thioether (sulfide) groups is 2. The Morgan fingerprint density at radius 3 is 2.43 bits per heavy atom. The Kier molecular flexibility index (Phi) is 9.95. The Morgan fingerprint density at radius 1 is 1.13 bits per heavy atom. The van der Waals surface area contributed by atoms with Crippen molar-refractivity contribution < 1.29 is 28.8 Å². The average Bonchev–Trinajstić information content (AvgIpc) is 3.77. The van der Waals surface area contributed by atoms with Crippen LogP contribution in [-0.2, 0) is 28.8 Å². The summed E-state index contributed by atoms with van der Waals surface area (Å²) >= 11 is 5.10. The van der Waals surface area contributed by atoms with Crippen LogP contribution in [0.15, 0.2) is 93.1 Å². The average molecular weight is 708 g/mol. The molecule has 2 atom stereocenters. The first-order valence-corrected chi connectivity index (χ1v) is 17.6. The van der Waals surface area contributed by atoms with Gasteiger partial charge in [0.2, 0.25) is 0 Å². The van der Waals surface area contributed by atoms with Gasteiger partial charge in [0.05, 0.1) is 0 Å². The predicted octanol–water partition coefficient (Wildman–Crippen LogP) is 3.62. The smallest absolute Gasteiger partial charge is 0.356 e. The van der Waals surface area contributed by atoms with Crippen LogP contribution in [0.5, 0.6) is 0 Å². The van der Waals surface area contributed by atoms with Crippen molar-refractivity contribution in [3.05, 3.63) is 100 Å². The molecule has 1 fully saturated rings. The fourth-order valence-corrected chi connectivity index (χ4v) is 8.30. The molecule has 6 rings (SSSR count). The zero-order chi connectivity index (χ0) is 32.9. The quantitative estimate of drug-likeness (QED) is 0.0579. The topological polar surface area (TPSA) is 179 Å². The van der Waals surface area contributed by atoms with Gasteiger partial charge in [-0.15, -0.1) is 23.1 Å². The number of thiazole rings is 1. The number of hydrogen-bond donors (Lipinski definition) is 2. The molecule has 4 heterocycles. The van der Waals surface area contributed by atoms with Gasteiger partial charge in [-0.3, -0.25) is 14.5 Å². The first-order valence-electron chi connectivity index (χ1n) is 13.9. The SMILES string of the molecule is CC(=O)O/N=C(/C(=O)NC1C(=O)N2C(C(=O)OC(c3ccccc3)c3ccccc3)=C(CSc3ncns3)CSC12)c1csc(N)n1. The van der Waals surface area contributed by atoms with Crippen LogP contribution >= 0.6 is 46.4 Å². The summed E-state index contributed by atoms with van der Waals surface area (Å²) in [6.45, 7) is 1.13. The van der Waals surface area contributed by atoms with Gasteiger partial charge in [-0.25, -0.2) is 19.6 Å². The second kappa shape index (κ2) is 14.5. The second-order valence-electron chi connectivity index (χ2n) is 10.0. The molecule has 4 aromatic rings. The van der Waals surface area contributed by atoms with Crippen LogP contribution in [0.4, 0.5) is 5.13 Å². The maximum Gasteiger partial charge on any atom is 0.356 e. The molecule has 2 aliphatic rings. The number of rotatable bonds is 11. The maximum absolute atomic E-state index is 14.1. The Hall–Kier alpha value is -4.58. The number of nitrogens with two attached hydrogens (primary N) is 1. The molecule has 240 valence electrons. The molecule has 2 amide bonds. The van der Waals surface area contributed by atoms with E-state index < -0.39 is 41.3 Å². The van der Waals surface area contributed by atoms with Gasteiger partial charge in [-0.1, -0.05) is 77.6 Å². The first kappa shape index (κ1) is 32.4. The van der Waals surface area contributed by atoms with Gasteiger partial charge in [0.25, 0.3) is 11.8 Å². The molecule has 3 N–H and O–H groups in total. The minimum absolute atomic E-state index is 0.0826. The van der Waals surface area contributed by atoms with Crippen LogP contribution in [0, 0.1) is 0 Å². The van der Waals surface area contributed by atoms with Crippen molar-refractivity contribution in [2.75, 3.05) is 17.2 Å². The minimum atomic E-state index is -1.01. The maximum atomic E-state index is 14.1. The van der Waals surface area contributed by atoms with E-state index in [0.29, 0.717) is 21.4 Å². The Balaban J connectivity index is 1.28. The summed E-state index contributed by atoms with van der Waals surface area (Å²) in [5, 5.41) is 7.37. The number of nitrogens with zero attached hydrogens (tertiary/aromatic N) is 5. The number of nitrogens with one attached hydrogen (secondary N) is 1. The van der Waals surface area contributed by atoms with Gasteiger partial charge in [0.15, 0.2) is 21.3 Å². The summed E-state index contributed by atoms with van der Waals surface area (Å²) < 4.78 is 10.9. The number of oxime groups is 1. The number of nitrogen functional groups attached to an aromatic ring is 1. The zero-order valence-electron chi connectivity index (χ0n) is 24.5. The van der Waals surface area contributed by atoms with Crippen LogP contribution in [0.2, 0.25) is 0 Å². The van der Waals surface area contributed by atoms with Gasteiger partial charge < -0.3 is 20.6 Å². The van der Waals surface area contributed by atoms with Crippen molar-refractivity contribution in [3.63, 3.8) is 0 Å². The van der Waals surface area contributed by atoms with Crippen molar-refractivity contribution in [2.24, 2.45) is 5.16 Å². The number of ether oxygens (including phenoxy) is 1. The molecular formula is C30H25N7O6S4. The normalized spacial score (nSPS) is 17.6. The summed E-state index contributed by atoms with van der Waals surface area (Å²) in [6.07, 6.45) is 0.720. The van der Waals surface area contributed by atoms with Crippen molar-refractivity contribution in [1.29, 1.82) is 0 Å². The molecule has 0 spiro atoms. The van der Waals surface area contributed by atoms with Gasteiger partial charge in [0.1, 0.15) is 29.1 Å². The van der Waals surface area contributed by atoms with E-state index in [9.17, 15) is 19.2 Å². The zero-order valence-corrected chi connectivity index (χ0v) is 27.7. The van der Waals surface area contributed by atoms with Crippen LogP contribution in [0.1, 0.15) is 29.8 Å². The Morgan fingerprint density at radius 2 is 1.83 bits per heavy atom. The van der Waals surface area contributed by atoms with Crippen molar-refractivity contribution in [3.8, 4) is 0 Å². The molecule has 2 unspecified atom stereocenters. The lowest BCUT2D eigenvalue weighted by molar-refractivity contribution is -0.154. The highest BCUT2D eigenvalue weighted by Crippen LogP contribution is 2.43. The fraction of sp³-hybridized carbons (Fsp3) is 0.200. The minimum Gasteiger partial charge on any atom is -0.448 e. The van der Waals surface area contributed by atoms with Crippen molar-refractivity contribution >= 4 is 81.0 Å². The van der Waals surface area contributed by atoms with E-state index in [1.54, 1.807) is 0 Å². The van der Waals surface area contributed by atoms with Crippen LogP contribution in [0.25, 0.3) is 0 Å². The number of aromatic nitrogens is 3. The third-order valence-electron chi connectivity index (χ3n) is 6.91. The number of carbonyl (C=O) groups excluding carboxylic acids is 4. The summed E-state index contributed by atoms with van der Waals surface area (Å²) in [5.74, 6) is -1.98. The van der Waals surface area contributed by atoms with Gasteiger partial charge in [-0.05, 0) is 28.2 Å². The number of hydrogen-bond acceptors (Lipinski definition) is 15. The van der Waals surface area contributed by atoms with Crippen LogP contribution in [-0.4, -0.2) is 71.6 Å². The molecule has 2 aromatic carbocycles. The molecule has 0 aliphatic carbocycles. The van der Waals surface area contributed by atoms with Gasteiger partial charge >= 0.3 is 11.9 Å². The lowest BCUT2D eigenvalue weighted by Gasteiger charge is -2.49. The van der Waals surface area contributed by atoms with Crippen molar-refractivity contribution in [1.82, 2.24) is 24.6 Å².